The lowest BCUT2D eigenvalue weighted by Gasteiger charge is -2.21. The van der Waals surface area contributed by atoms with Gasteiger partial charge in [0.2, 0.25) is 11.0 Å². The third-order valence-corrected chi connectivity index (χ3v) is 11.5. The molecule has 6 aromatic carbocycles. The number of aromatic nitrogens is 2. The van der Waals surface area contributed by atoms with Crippen molar-refractivity contribution in [3.8, 4) is 0 Å². The largest absolute Gasteiger partial charge is 1.00 e. The van der Waals surface area contributed by atoms with Crippen LogP contribution in [0.5, 0.6) is 0 Å². The standard InChI is InChI=1S/C48H40Cl4N4.2BrH/c1-53(41-19-13-37(49)14-20-41)45-25-27-55(47-29-39(51)17-23-43(45)47)31-35-9-5-33(6-10-35)3-4-34-7-11-36(12-8-34)32-56-28-26-46(44-24-18-40(52)30-48(44)56)54(2)42-21-15-38(50)16-22-42;;/h5-30H,3-4,31-32H2,1-2H3;2*1H/q+2;;/p-2. The van der Waals surface area contributed by atoms with E-state index in [1.807, 2.05) is 72.8 Å². The van der Waals surface area contributed by atoms with E-state index in [1.54, 1.807) is 0 Å². The fraction of sp³-hybridized carbons (Fsp3) is 0.125. The maximum absolute atomic E-state index is 6.52. The highest BCUT2D eigenvalue weighted by molar-refractivity contribution is 6.32. The summed E-state index contributed by atoms with van der Waals surface area (Å²) < 4.78 is 4.53. The minimum atomic E-state index is 0. The van der Waals surface area contributed by atoms with Crippen molar-refractivity contribution in [2.24, 2.45) is 0 Å². The summed E-state index contributed by atoms with van der Waals surface area (Å²) in [6.07, 6.45) is 6.23. The Labute approximate surface area is 381 Å². The van der Waals surface area contributed by atoms with Crippen LogP contribution in [-0.4, -0.2) is 14.1 Å². The second-order valence-corrected chi connectivity index (χ2v) is 15.9. The molecule has 0 atom stereocenters. The summed E-state index contributed by atoms with van der Waals surface area (Å²) >= 11 is 25.4. The molecule has 10 heteroatoms. The van der Waals surface area contributed by atoms with Crippen molar-refractivity contribution in [3.63, 3.8) is 0 Å². The number of halogens is 6. The van der Waals surface area contributed by atoms with Crippen LogP contribution in [0.4, 0.5) is 22.7 Å². The highest BCUT2D eigenvalue weighted by atomic mass is 79.9. The maximum atomic E-state index is 6.52. The highest BCUT2D eigenvalue weighted by Gasteiger charge is 2.19. The monoisotopic (exact) mass is 970 g/mol. The molecule has 0 amide bonds. The zero-order valence-electron chi connectivity index (χ0n) is 31.9. The van der Waals surface area contributed by atoms with E-state index in [9.17, 15) is 0 Å². The molecule has 0 spiro atoms. The van der Waals surface area contributed by atoms with Gasteiger partial charge in [-0.1, -0.05) is 94.9 Å². The number of aryl methyl sites for hydroxylation is 2. The van der Waals surface area contributed by atoms with Crippen LogP contribution in [0.2, 0.25) is 20.1 Å². The average molecular weight is 974 g/mol. The Morgan fingerprint density at radius 3 is 1.09 bits per heavy atom. The first-order chi connectivity index (χ1) is 27.2. The first kappa shape index (κ1) is 43.4. The molecule has 2 heterocycles. The van der Waals surface area contributed by atoms with Crippen molar-refractivity contribution in [1.29, 1.82) is 0 Å². The van der Waals surface area contributed by atoms with E-state index in [2.05, 4.69) is 118 Å². The smallest absolute Gasteiger partial charge is 0.216 e. The third kappa shape index (κ3) is 9.82. The molecule has 0 bridgehead atoms. The predicted molar refractivity (Wildman–Crippen MR) is 236 cm³/mol. The fourth-order valence-electron chi connectivity index (χ4n) is 7.35. The molecular formula is C48H40Br2Cl4N4. The number of anilines is 4. The fourth-order valence-corrected chi connectivity index (χ4v) is 7.94. The molecule has 0 saturated heterocycles. The predicted octanol–water partition coefficient (Wildman–Crippen LogP) is 6.61. The number of pyridine rings is 2. The van der Waals surface area contributed by atoms with Crippen molar-refractivity contribution in [1.82, 2.24) is 0 Å². The Morgan fingerprint density at radius 1 is 0.397 bits per heavy atom. The summed E-state index contributed by atoms with van der Waals surface area (Å²) in [4.78, 5) is 4.36. The first-order valence-electron chi connectivity index (χ1n) is 18.6. The maximum Gasteiger partial charge on any atom is 0.216 e. The van der Waals surface area contributed by atoms with Gasteiger partial charge in [0.05, 0.1) is 22.1 Å². The van der Waals surface area contributed by atoms with Crippen LogP contribution in [0.3, 0.4) is 0 Å². The van der Waals surface area contributed by atoms with Crippen molar-refractivity contribution < 1.29 is 43.1 Å². The normalized spacial score (nSPS) is 10.9. The Bertz CT molecular complexity index is 2470. The third-order valence-electron chi connectivity index (χ3n) is 10.5. The first-order valence-corrected chi connectivity index (χ1v) is 20.1. The van der Waals surface area contributed by atoms with E-state index in [4.69, 9.17) is 46.4 Å². The van der Waals surface area contributed by atoms with Gasteiger partial charge in [-0.2, -0.15) is 9.13 Å². The second kappa shape index (κ2) is 19.3. The molecule has 0 radical (unpaired) electrons. The van der Waals surface area contributed by atoms with Crippen molar-refractivity contribution in [2.45, 2.75) is 25.9 Å². The van der Waals surface area contributed by atoms with Crippen LogP contribution in [0.1, 0.15) is 22.3 Å². The van der Waals surface area contributed by atoms with Gasteiger partial charge >= 0.3 is 0 Å². The van der Waals surface area contributed by atoms with Crippen LogP contribution in [-0.2, 0) is 25.9 Å². The average Bonchev–Trinajstić information content (AvgIpc) is 3.21. The topological polar surface area (TPSA) is 14.2 Å². The van der Waals surface area contributed by atoms with Gasteiger partial charge in [-0.25, -0.2) is 0 Å². The van der Waals surface area contributed by atoms with Crippen molar-refractivity contribution in [2.75, 3.05) is 23.9 Å². The van der Waals surface area contributed by atoms with Gasteiger partial charge < -0.3 is 43.8 Å². The number of hydrogen-bond donors (Lipinski definition) is 0. The molecule has 0 aliphatic rings. The summed E-state index contributed by atoms with van der Waals surface area (Å²) in [6.45, 7) is 1.48. The highest BCUT2D eigenvalue weighted by Crippen LogP contribution is 2.33. The van der Waals surface area contributed by atoms with Gasteiger partial charge in [-0.15, -0.1) is 0 Å². The van der Waals surface area contributed by atoms with E-state index in [0.29, 0.717) is 10.0 Å². The molecule has 0 saturated carbocycles. The van der Waals surface area contributed by atoms with Gasteiger partial charge in [0.25, 0.3) is 0 Å². The van der Waals surface area contributed by atoms with Gasteiger partial charge in [-0.3, -0.25) is 0 Å². The molecule has 294 valence electrons. The van der Waals surface area contributed by atoms with E-state index in [1.165, 1.54) is 22.3 Å². The Hall–Kier alpha value is -4.14. The van der Waals surface area contributed by atoms with E-state index in [-0.39, 0.29) is 34.0 Å². The Kier molecular flexibility index (Phi) is 14.4. The summed E-state index contributed by atoms with van der Waals surface area (Å²) in [6, 6.07) is 50.3. The van der Waals surface area contributed by atoms with Crippen LogP contribution >= 0.6 is 46.4 Å². The Morgan fingerprint density at radius 2 is 0.724 bits per heavy atom. The van der Waals surface area contributed by atoms with Crippen LogP contribution in [0.15, 0.2) is 158 Å². The van der Waals surface area contributed by atoms with Gasteiger partial charge in [-0.05, 0) is 96.8 Å². The molecule has 0 fully saturated rings. The van der Waals surface area contributed by atoms with Crippen molar-refractivity contribution in [3.05, 3.63) is 200 Å². The molecular weight excluding hydrogens is 934 g/mol. The van der Waals surface area contributed by atoms with Crippen molar-refractivity contribution >= 4 is 91.0 Å². The number of benzene rings is 6. The lowest BCUT2D eigenvalue weighted by atomic mass is 10.0. The number of rotatable bonds is 11. The molecule has 0 aliphatic carbocycles. The summed E-state index contributed by atoms with van der Waals surface area (Å²) in [5.74, 6) is 0. The van der Waals surface area contributed by atoms with E-state index in [0.717, 1.165) is 80.5 Å². The molecule has 8 aromatic rings. The quantitative estimate of drug-likeness (QED) is 0.136. The SMILES string of the molecule is CN(c1ccc(Cl)cc1)c1cc[n+](Cc2ccc(CCc3ccc(C[n+]4ccc(N(C)c5ccc(Cl)cc5)c5ccc(Cl)cc54)cc3)cc2)c2cc(Cl)ccc12.[Br-].[Br-]. The molecule has 2 aromatic heterocycles. The number of fused-ring (bicyclic) bond motifs is 2. The summed E-state index contributed by atoms with van der Waals surface area (Å²) in [5.41, 5.74) is 11.6. The lowest BCUT2D eigenvalue weighted by Crippen LogP contribution is -3.00. The summed E-state index contributed by atoms with van der Waals surface area (Å²) in [5, 5.41) is 5.13. The van der Waals surface area contributed by atoms with Crippen LogP contribution in [0.25, 0.3) is 21.8 Å². The molecule has 0 unspecified atom stereocenters. The van der Waals surface area contributed by atoms with Gasteiger partial charge in [0.15, 0.2) is 25.5 Å². The zero-order chi connectivity index (χ0) is 38.8. The number of hydrogen-bond acceptors (Lipinski definition) is 2. The van der Waals surface area contributed by atoms with E-state index >= 15 is 0 Å². The zero-order valence-corrected chi connectivity index (χ0v) is 38.1. The van der Waals surface area contributed by atoms with Crippen LogP contribution < -0.4 is 52.9 Å². The lowest BCUT2D eigenvalue weighted by molar-refractivity contribution is -0.662. The van der Waals surface area contributed by atoms with Gasteiger partial charge in [0.1, 0.15) is 0 Å². The Balaban J connectivity index is 0.00000283. The van der Waals surface area contributed by atoms with Gasteiger partial charge in [0, 0.05) is 81.0 Å². The van der Waals surface area contributed by atoms with Crippen LogP contribution in [0, 0.1) is 0 Å². The molecule has 0 aliphatic heterocycles. The molecule has 58 heavy (non-hydrogen) atoms. The van der Waals surface area contributed by atoms with E-state index < -0.39 is 0 Å². The minimum absolute atomic E-state index is 0. The second-order valence-electron chi connectivity index (χ2n) is 14.2. The molecule has 0 N–H and O–H groups in total. The molecule has 8 rings (SSSR count). The minimum Gasteiger partial charge on any atom is -1.00 e. The number of nitrogens with zero attached hydrogens (tertiary/aromatic N) is 4. The molecule has 4 nitrogen and oxygen atoms in total. The summed E-state index contributed by atoms with van der Waals surface area (Å²) in [7, 11) is 4.15.